The van der Waals surface area contributed by atoms with E-state index in [1.165, 1.54) is 9.47 Å². The molecule has 6 N–H and O–H groups in total. The van der Waals surface area contributed by atoms with Gasteiger partial charge in [-0.05, 0) is 56.5 Å². The number of rotatable bonds is 7. The lowest BCUT2D eigenvalue weighted by molar-refractivity contribution is -0.134. The smallest absolute Gasteiger partial charge is 0.354 e. The highest BCUT2D eigenvalue weighted by Gasteiger charge is 2.27. The standard InChI is InChI=1S/C26H38N8O4/c1-31(20-8-4-19(27)5-9-20)16-18-2-6-21(7-3-18)34-11-10-23(30-26(34)38)29-25(37)33-14-12-32(13-15-33)24(36)22(28)17-35/h2-3,6-7,10-11,19-20,22,35H,4-5,8-9,12-17,27-28H2,1H3,(H,29,30,37,38). The summed E-state index contributed by atoms with van der Waals surface area (Å²) in [4.78, 5) is 46.9. The second-order valence-corrected chi connectivity index (χ2v) is 10.1. The third kappa shape index (κ3) is 6.76. The van der Waals surface area contributed by atoms with E-state index in [0.717, 1.165) is 37.8 Å². The van der Waals surface area contributed by atoms with Crippen LogP contribution in [0.2, 0.25) is 0 Å². The van der Waals surface area contributed by atoms with Crippen LogP contribution in [-0.4, -0.2) is 99.3 Å². The molecule has 4 rings (SSSR count). The van der Waals surface area contributed by atoms with Crippen molar-refractivity contribution in [1.82, 2.24) is 24.3 Å². The number of aromatic nitrogens is 2. The van der Waals surface area contributed by atoms with Gasteiger partial charge in [0.05, 0.1) is 12.3 Å². The van der Waals surface area contributed by atoms with Gasteiger partial charge in [0.2, 0.25) is 5.91 Å². The van der Waals surface area contributed by atoms with E-state index in [1.807, 2.05) is 24.3 Å². The molecule has 206 valence electrons. The maximum absolute atomic E-state index is 12.7. The molecule has 12 nitrogen and oxygen atoms in total. The van der Waals surface area contributed by atoms with E-state index >= 15 is 0 Å². The summed E-state index contributed by atoms with van der Waals surface area (Å²) in [7, 11) is 2.14. The molecule has 1 aliphatic heterocycles. The number of amides is 3. The highest BCUT2D eigenvalue weighted by molar-refractivity contribution is 5.88. The normalized spacial score (nSPS) is 20.9. The van der Waals surface area contributed by atoms with Crippen molar-refractivity contribution in [3.8, 4) is 5.69 Å². The lowest BCUT2D eigenvalue weighted by Crippen LogP contribution is -2.55. The van der Waals surface area contributed by atoms with Gasteiger partial charge in [-0.25, -0.2) is 9.59 Å². The van der Waals surface area contributed by atoms with Gasteiger partial charge in [-0.15, -0.1) is 0 Å². The second-order valence-electron chi connectivity index (χ2n) is 10.1. The molecular weight excluding hydrogens is 488 g/mol. The number of nitrogens with two attached hydrogens (primary N) is 2. The van der Waals surface area contributed by atoms with Crippen LogP contribution < -0.4 is 22.5 Å². The molecule has 0 radical (unpaired) electrons. The maximum atomic E-state index is 12.7. The Morgan fingerprint density at radius 2 is 1.71 bits per heavy atom. The zero-order valence-corrected chi connectivity index (χ0v) is 21.8. The van der Waals surface area contributed by atoms with Crippen LogP contribution in [0.25, 0.3) is 5.69 Å². The Morgan fingerprint density at radius 3 is 2.32 bits per heavy atom. The van der Waals surface area contributed by atoms with Crippen molar-refractivity contribution in [2.75, 3.05) is 45.2 Å². The van der Waals surface area contributed by atoms with Crippen molar-refractivity contribution >= 4 is 17.8 Å². The summed E-state index contributed by atoms with van der Waals surface area (Å²) in [5, 5.41) is 11.7. The molecule has 1 aromatic heterocycles. The lowest BCUT2D eigenvalue weighted by atomic mass is 9.91. The number of carbonyl (C=O) groups is 2. The Balaban J connectivity index is 1.31. The van der Waals surface area contributed by atoms with Gasteiger partial charge in [-0.3, -0.25) is 19.6 Å². The van der Waals surface area contributed by atoms with Crippen LogP contribution >= 0.6 is 0 Å². The average Bonchev–Trinajstić information content (AvgIpc) is 2.93. The third-order valence-electron chi connectivity index (χ3n) is 7.44. The summed E-state index contributed by atoms with van der Waals surface area (Å²) in [6.45, 7) is 1.65. The summed E-state index contributed by atoms with van der Waals surface area (Å²) in [5.74, 6) is -0.185. The average molecular weight is 527 g/mol. The Labute approximate surface area is 222 Å². The fourth-order valence-electron chi connectivity index (χ4n) is 5.02. The first-order valence-corrected chi connectivity index (χ1v) is 13.1. The van der Waals surface area contributed by atoms with Crippen LogP contribution in [0.15, 0.2) is 41.3 Å². The van der Waals surface area contributed by atoms with Gasteiger partial charge in [-0.1, -0.05) is 12.1 Å². The molecule has 0 spiro atoms. The van der Waals surface area contributed by atoms with E-state index in [0.29, 0.717) is 44.0 Å². The molecule has 1 saturated carbocycles. The number of urea groups is 1. The first-order chi connectivity index (χ1) is 18.2. The number of piperazine rings is 1. The molecule has 1 atom stereocenters. The van der Waals surface area contributed by atoms with Crippen LogP contribution in [0.3, 0.4) is 0 Å². The van der Waals surface area contributed by atoms with E-state index in [1.54, 1.807) is 17.2 Å². The Kier molecular flexibility index (Phi) is 9.10. The molecule has 1 aliphatic carbocycles. The molecule has 1 saturated heterocycles. The van der Waals surface area contributed by atoms with Crippen LogP contribution in [0, 0.1) is 0 Å². The molecule has 2 fully saturated rings. The number of aliphatic hydroxyl groups excluding tert-OH is 1. The molecule has 2 heterocycles. The van der Waals surface area contributed by atoms with Crippen molar-refractivity contribution in [1.29, 1.82) is 0 Å². The van der Waals surface area contributed by atoms with E-state index < -0.39 is 24.4 Å². The van der Waals surface area contributed by atoms with Crippen LogP contribution in [0.5, 0.6) is 0 Å². The number of carbonyl (C=O) groups excluding carboxylic acids is 2. The number of anilines is 1. The number of hydrogen-bond acceptors (Lipinski definition) is 8. The third-order valence-corrected chi connectivity index (χ3v) is 7.44. The lowest BCUT2D eigenvalue weighted by Gasteiger charge is -2.35. The fourth-order valence-corrected chi connectivity index (χ4v) is 5.02. The van der Waals surface area contributed by atoms with Gasteiger partial charge < -0.3 is 26.4 Å². The molecular formula is C26H38N8O4. The van der Waals surface area contributed by atoms with E-state index in [9.17, 15) is 14.4 Å². The minimum Gasteiger partial charge on any atom is -0.394 e. The SMILES string of the molecule is CN(Cc1ccc(-n2ccc(NC(=O)N3CCN(C(=O)C(N)CO)CC3)nc2=O)cc1)C1CCC(N)CC1. The highest BCUT2D eigenvalue weighted by Crippen LogP contribution is 2.22. The quantitative estimate of drug-likeness (QED) is 0.390. The zero-order chi connectivity index (χ0) is 27.2. The van der Waals surface area contributed by atoms with Crippen molar-refractivity contribution < 1.29 is 14.7 Å². The monoisotopic (exact) mass is 526 g/mol. The first kappa shape index (κ1) is 27.7. The van der Waals surface area contributed by atoms with E-state index in [4.69, 9.17) is 16.6 Å². The van der Waals surface area contributed by atoms with Gasteiger partial charge in [0.1, 0.15) is 11.9 Å². The maximum Gasteiger partial charge on any atom is 0.354 e. The highest BCUT2D eigenvalue weighted by atomic mass is 16.3. The van der Waals surface area contributed by atoms with Crippen molar-refractivity contribution in [2.45, 2.75) is 50.4 Å². The number of benzene rings is 1. The largest absolute Gasteiger partial charge is 0.394 e. The Morgan fingerprint density at radius 1 is 1.08 bits per heavy atom. The molecule has 2 aromatic rings. The van der Waals surface area contributed by atoms with E-state index in [2.05, 4.69) is 22.2 Å². The number of nitrogens with zero attached hydrogens (tertiary/aromatic N) is 5. The molecule has 0 bridgehead atoms. The van der Waals surface area contributed by atoms with Gasteiger partial charge in [0, 0.05) is 51.0 Å². The first-order valence-electron chi connectivity index (χ1n) is 13.1. The second kappa shape index (κ2) is 12.5. The van der Waals surface area contributed by atoms with Crippen molar-refractivity contribution in [3.63, 3.8) is 0 Å². The summed E-state index contributed by atoms with van der Waals surface area (Å²) < 4.78 is 1.43. The predicted octanol–water partition coefficient (Wildman–Crippen LogP) is -0.0701. The number of hydrogen-bond donors (Lipinski definition) is 4. The van der Waals surface area contributed by atoms with Gasteiger partial charge in [0.15, 0.2) is 0 Å². The van der Waals surface area contributed by atoms with E-state index in [-0.39, 0.29) is 11.7 Å². The zero-order valence-electron chi connectivity index (χ0n) is 21.8. The summed E-state index contributed by atoms with van der Waals surface area (Å²) in [6.07, 6.45) is 5.96. The van der Waals surface area contributed by atoms with Gasteiger partial charge >= 0.3 is 11.7 Å². The molecule has 38 heavy (non-hydrogen) atoms. The summed E-state index contributed by atoms with van der Waals surface area (Å²) in [6, 6.07) is 8.91. The molecule has 2 aliphatic rings. The van der Waals surface area contributed by atoms with Gasteiger partial charge in [0.25, 0.3) is 0 Å². The summed E-state index contributed by atoms with van der Waals surface area (Å²) >= 11 is 0. The molecule has 3 amide bonds. The number of nitrogens with one attached hydrogen (secondary N) is 1. The fraction of sp³-hybridized carbons (Fsp3) is 0.538. The van der Waals surface area contributed by atoms with Crippen LogP contribution in [-0.2, 0) is 11.3 Å². The minimum absolute atomic E-state index is 0.155. The number of aliphatic hydroxyl groups is 1. The molecule has 12 heteroatoms. The minimum atomic E-state index is -0.954. The predicted molar refractivity (Wildman–Crippen MR) is 144 cm³/mol. The van der Waals surface area contributed by atoms with Crippen molar-refractivity contribution in [2.24, 2.45) is 11.5 Å². The van der Waals surface area contributed by atoms with Crippen LogP contribution in [0.1, 0.15) is 31.2 Å². The van der Waals surface area contributed by atoms with Gasteiger partial charge in [-0.2, -0.15) is 4.98 Å². The Hall–Kier alpha value is -3.32. The van der Waals surface area contributed by atoms with Crippen molar-refractivity contribution in [3.05, 3.63) is 52.6 Å². The van der Waals surface area contributed by atoms with Crippen LogP contribution in [0.4, 0.5) is 10.6 Å². The summed E-state index contributed by atoms with van der Waals surface area (Å²) in [5.41, 5.74) is 13.0. The topological polar surface area (TPSA) is 163 Å². The Bertz CT molecular complexity index is 1150. The molecule has 1 unspecified atom stereocenters. The molecule has 1 aromatic carbocycles.